The standard InChI is InChI=1S/C23H24FN3O5/c1-23(2,3)32-22(30)26-16(10-14-8-9-15(12-25-31)19(24)11-14)13-27-20(28)17-6-4-5-7-18(17)21(27)29/h4-9,11,16H,10,12-13H2,1-3H3,(H,26,30). The number of carbonyl (C=O) groups excluding carboxylic acids is 3. The molecule has 0 bridgehead atoms. The lowest BCUT2D eigenvalue weighted by atomic mass is 10.0. The molecule has 0 aromatic heterocycles. The Morgan fingerprint density at radius 3 is 2.28 bits per heavy atom. The normalized spacial score (nSPS) is 14.2. The van der Waals surface area contributed by atoms with Crippen LogP contribution in [0, 0.1) is 10.7 Å². The van der Waals surface area contributed by atoms with Gasteiger partial charge in [-0.25, -0.2) is 9.18 Å². The number of amides is 3. The Balaban J connectivity index is 1.82. The van der Waals surface area contributed by atoms with Crippen LogP contribution in [0.2, 0.25) is 0 Å². The van der Waals surface area contributed by atoms with Gasteiger partial charge < -0.3 is 10.1 Å². The van der Waals surface area contributed by atoms with E-state index in [2.05, 4.69) is 10.5 Å². The van der Waals surface area contributed by atoms with Gasteiger partial charge in [-0.05, 0) is 51.0 Å². The number of benzene rings is 2. The summed E-state index contributed by atoms with van der Waals surface area (Å²) in [5.74, 6) is -1.51. The molecule has 2 aromatic carbocycles. The summed E-state index contributed by atoms with van der Waals surface area (Å²) in [6.07, 6.45) is -0.598. The maximum absolute atomic E-state index is 14.3. The molecule has 2 aromatic rings. The Hall–Kier alpha value is -3.62. The van der Waals surface area contributed by atoms with Crippen molar-refractivity contribution >= 4 is 17.9 Å². The molecular formula is C23H24FN3O5. The maximum Gasteiger partial charge on any atom is 0.407 e. The van der Waals surface area contributed by atoms with Gasteiger partial charge >= 0.3 is 6.09 Å². The van der Waals surface area contributed by atoms with Crippen LogP contribution in [0.4, 0.5) is 9.18 Å². The van der Waals surface area contributed by atoms with E-state index >= 15 is 0 Å². The molecule has 32 heavy (non-hydrogen) atoms. The van der Waals surface area contributed by atoms with Crippen LogP contribution in [-0.4, -0.2) is 41.0 Å². The predicted octanol–water partition coefficient (Wildman–Crippen LogP) is 3.82. The van der Waals surface area contributed by atoms with Gasteiger partial charge in [0.2, 0.25) is 0 Å². The summed E-state index contributed by atoms with van der Waals surface area (Å²) in [5, 5.41) is 5.37. The molecule has 3 amide bonds. The van der Waals surface area contributed by atoms with Gasteiger partial charge in [-0.3, -0.25) is 14.5 Å². The number of nitroso groups, excluding NO2 is 1. The number of alkyl carbamates (subject to hydrolysis) is 1. The average Bonchev–Trinajstić information content (AvgIpc) is 2.94. The lowest BCUT2D eigenvalue weighted by Crippen LogP contribution is -2.48. The molecule has 1 heterocycles. The molecule has 8 nitrogen and oxygen atoms in total. The van der Waals surface area contributed by atoms with Crippen molar-refractivity contribution in [2.75, 3.05) is 6.54 Å². The number of halogens is 1. The van der Waals surface area contributed by atoms with E-state index in [4.69, 9.17) is 4.74 Å². The number of carbonyl (C=O) groups is 3. The van der Waals surface area contributed by atoms with E-state index in [9.17, 15) is 23.7 Å². The number of hydrogen-bond donors (Lipinski definition) is 1. The summed E-state index contributed by atoms with van der Waals surface area (Å²) < 4.78 is 19.6. The highest BCUT2D eigenvalue weighted by molar-refractivity contribution is 6.21. The maximum atomic E-state index is 14.3. The number of fused-ring (bicyclic) bond motifs is 1. The van der Waals surface area contributed by atoms with Gasteiger partial charge in [0, 0.05) is 5.56 Å². The van der Waals surface area contributed by atoms with E-state index < -0.39 is 35.4 Å². The highest BCUT2D eigenvalue weighted by Crippen LogP contribution is 2.23. The van der Waals surface area contributed by atoms with E-state index in [1.165, 1.54) is 12.1 Å². The first-order chi connectivity index (χ1) is 15.1. The fourth-order valence-corrected chi connectivity index (χ4v) is 3.46. The SMILES string of the molecule is CC(C)(C)OC(=O)NC(Cc1ccc(CN=O)c(F)c1)CN1C(=O)c2ccccc2C1=O. The summed E-state index contributed by atoms with van der Waals surface area (Å²) in [5.41, 5.74) is 0.505. The monoisotopic (exact) mass is 441 g/mol. The molecule has 1 aliphatic heterocycles. The zero-order chi connectivity index (χ0) is 23.5. The zero-order valence-corrected chi connectivity index (χ0v) is 18.1. The largest absolute Gasteiger partial charge is 0.444 e. The minimum absolute atomic E-state index is 0.120. The summed E-state index contributed by atoms with van der Waals surface area (Å²) in [6.45, 7) is 4.72. The Labute approximate surface area is 184 Å². The third kappa shape index (κ3) is 5.35. The highest BCUT2D eigenvalue weighted by Gasteiger charge is 2.37. The summed E-state index contributed by atoms with van der Waals surface area (Å²) in [6, 6.07) is 10.0. The van der Waals surface area contributed by atoms with Crippen molar-refractivity contribution in [3.8, 4) is 0 Å². The Morgan fingerprint density at radius 1 is 1.12 bits per heavy atom. The van der Waals surface area contributed by atoms with Crippen LogP contribution >= 0.6 is 0 Å². The van der Waals surface area contributed by atoms with E-state index in [1.807, 2.05) is 0 Å². The number of nitrogens with one attached hydrogen (secondary N) is 1. The van der Waals surface area contributed by atoms with Crippen molar-refractivity contribution in [3.63, 3.8) is 0 Å². The second-order valence-corrected chi connectivity index (χ2v) is 8.53. The summed E-state index contributed by atoms with van der Waals surface area (Å²) in [4.78, 5) is 49.3. The van der Waals surface area contributed by atoms with Crippen LogP contribution in [0.25, 0.3) is 0 Å². The second kappa shape index (κ2) is 9.25. The van der Waals surface area contributed by atoms with Gasteiger partial charge in [0.1, 0.15) is 18.0 Å². The van der Waals surface area contributed by atoms with Crippen LogP contribution < -0.4 is 5.32 Å². The lowest BCUT2D eigenvalue weighted by Gasteiger charge is -2.26. The summed E-state index contributed by atoms with van der Waals surface area (Å²) in [7, 11) is 0. The Morgan fingerprint density at radius 2 is 1.75 bits per heavy atom. The molecule has 0 radical (unpaired) electrons. The molecule has 0 spiro atoms. The number of hydrogen-bond acceptors (Lipinski definition) is 6. The molecule has 0 saturated heterocycles. The van der Waals surface area contributed by atoms with Crippen LogP contribution in [0.15, 0.2) is 47.6 Å². The predicted molar refractivity (Wildman–Crippen MR) is 115 cm³/mol. The molecule has 1 unspecified atom stereocenters. The van der Waals surface area contributed by atoms with E-state index in [0.717, 1.165) is 4.90 Å². The van der Waals surface area contributed by atoms with Gasteiger partial charge in [0.05, 0.1) is 23.7 Å². The van der Waals surface area contributed by atoms with Crippen LogP contribution in [0.5, 0.6) is 0 Å². The molecule has 1 N–H and O–H groups in total. The van der Waals surface area contributed by atoms with Crippen molar-refractivity contribution in [2.24, 2.45) is 5.18 Å². The van der Waals surface area contributed by atoms with Crippen molar-refractivity contribution < 1.29 is 23.5 Å². The molecule has 0 fully saturated rings. The third-order valence-corrected chi connectivity index (χ3v) is 4.84. The quantitative estimate of drug-likeness (QED) is 0.519. The molecule has 1 aliphatic rings. The first-order valence-corrected chi connectivity index (χ1v) is 10.1. The van der Waals surface area contributed by atoms with Crippen molar-refractivity contribution in [2.45, 2.75) is 45.4 Å². The minimum Gasteiger partial charge on any atom is -0.444 e. The molecule has 3 rings (SSSR count). The van der Waals surface area contributed by atoms with Crippen molar-refractivity contribution in [1.82, 2.24) is 10.2 Å². The molecular weight excluding hydrogens is 417 g/mol. The number of nitrogens with zero attached hydrogens (tertiary/aromatic N) is 2. The molecule has 9 heteroatoms. The smallest absolute Gasteiger partial charge is 0.407 e. The lowest BCUT2D eigenvalue weighted by molar-refractivity contribution is 0.0468. The molecule has 0 saturated carbocycles. The number of ether oxygens (including phenoxy) is 1. The highest BCUT2D eigenvalue weighted by atomic mass is 19.1. The molecule has 0 aliphatic carbocycles. The first-order valence-electron chi connectivity index (χ1n) is 10.1. The van der Waals surface area contributed by atoms with Crippen LogP contribution in [-0.2, 0) is 17.7 Å². The molecule has 1 atom stereocenters. The van der Waals surface area contributed by atoms with Gasteiger partial charge in [-0.2, -0.15) is 4.91 Å². The van der Waals surface area contributed by atoms with E-state index in [-0.39, 0.29) is 25.1 Å². The van der Waals surface area contributed by atoms with Crippen molar-refractivity contribution in [1.29, 1.82) is 0 Å². The third-order valence-electron chi connectivity index (χ3n) is 4.84. The van der Waals surface area contributed by atoms with Gasteiger partial charge in [0.15, 0.2) is 0 Å². The fourth-order valence-electron chi connectivity index (χ4n) is 3.46. The Bertz CT molecular complexity index is 1030. The number of imide groups is 1. The topological polar surface area (TPSA) is 105 Å². The van der Waals surface area contributed by atoms with Crippen LogP contribution in [0.1, 0.15) is 52.6 Å². The van der Waals surface area contributed by atoms with E-state index in [1.54, 1.807) is 51.1 Å². The molecule has 168 valence electrons. The first kappa shape index (κ1) is 23.1. The number of rotatable bonds is 7. The minimum atomic E-state index is -0.750. The summed E-state index contributed by atoms with van der Waals surface area (Å²) >= 11 is 0. The van der Waals surface area contributed by atoms with Gasteiger partial charge in [0.25, 0.3) is 11.8 Å². The van der Waals surface area contributed by atoms with Crippen LogP contribution in [0.3, 0.4) is 0 Å². The van der Waals surface area contributed by atoms with E-state index in [0.29, 0.717) is 16.7 Å². The Kier molecular flexibility index (Phi) is 6.67. The fraction of sp³-hybridized carbons (Fsp3) is 0.348. The zero-order valence-electron chi connectivity index (χ0n) is 18.1. The van der Waals surface area contributed by atoms with Gasteiger partial charge in [-0.15, -0.1) is 0 Å². The van der Waals surface area contributed by atoms with Crippen molar-refractivity contribution in [3.05, 3.63) is 75.4 Å². The second-order valence-electron chi connectivity index (χ2n) is 8.53. The average molecular weight is 441 g/mol. The van der Waals surface area contributed by atoms with Gasteiger partial charge in [-0.1, -0.05) is 29.4 Å².